The first-order valence-electron chi connectivity index (χ1n) is 7.03. The van der Waals surface area contributed by atoms with Gasteiger partial charge >= 0.3 is 29.6 Å². The fourth-order valence-corrected chi connectivity index (χ4v) is 2.63. The summed E-state index contributed by atoms with van der Waals surface area (Å²) in [5.41, 5.74) is 1.31. The summed E-state index contributed by atoms with van der Waals surface area (Å²) in [6.45, 7) is 0. The number of carbonyl (C=O) groups is 1. The third-order valence-electron chi connectivity index (χ3n) is 3.79. The molecule has 4 aromatic rings. The average molecular weight is 344 g/mol. The van der Waals surface area contributed by atoms with Gasteiger partial charge in [0.25, 0.3) is 0 Å². The van der Waals surface area contributed by atoms with E-state index in [9.17, 15) is 19.8 Å². The van der Waals surface area contributed by atoms with Gasteiger partial charge < -0.3 is 23.8 Å². The van der Waals surface area contributed by atoms with Gasteiger partial charge in [0, 0.05) is 11.5 Å². The van der Waals surface area contributed by atoms with Crippen LogP contribution in [0.25, 0.3) is 33.1 Å². The van der Waals surface area contributed by atoms with Gasteiger partial charge in [0.15, 0.2) is 11.2 Å². The van der Waals surface area contributed by atoms with Crippen LogP contribution in [0, 0.1) is 0 Å². The third kappa shape index (κ3) is 2.95. The van der Waals surface area contributed by atoms with Gasteiger partial charge in [-0.3, -0.25) is 4.79 Å². The van der Waals surface area contributed by atoms with Crippen molar-refractivity contribution in [3.8, 4) is 16.9 Å². The van der Waals surface area contributed by atoms with Crippen LogP contribution >= 0.6 is 0 Å². The van der Waals surface area contributed by atoms with Crippen LogP contribution in [0.2, 0.25) is 0 Å². The summed E-state index contributed by atoms with van der Waals surface area (Å²) in [5.74, 6) is -1.67. The molecule has 118 valence electrons. The molecule has 0 spiro atoms. The standard InChI is InChI=1S/C18H10O6.Na/c19-11-2-3-12-15(7-11)23-8-13(17(12)20)9-1-4-14-10(5-9)6-16(24-14)18(21)22;/h1-8,19H,(H,21,22);/q;+1/p-1. The molecule has 0 amide bonds. The predicted octanol–water partition coefficient (Wildman–Crippen LogP) is -0.721. The molecule has 6 nitrogen and oxygen atoms in total. The Bertz CT molecular complexity index is 1170. The molecule has 0 bridgehead atoms. The molecule has 0 aliphatic heterocycles. The van der Waals surface area contributed by atoms with Crippen molar-refractivity contribution < 1.29 is 53.4 Å². The Balaban J connectivity index is 0.00000182. The Morgan fingerprint density at radius 2 is 1.84 bits per heavy atom. The molecule has 2 heterocycles. The van der Waals surface area contributed by atoms with E-state index in [1.807, 2.05) is 0 Å². The quantitative estimate of drug-likeness (QED) is 0.481. The first-order chi connectivity index (χ1) is 11.5. The van der Waals surface area contributed by atoms with Crippen molar-refractivity contribution in [2.24, 2.45) is 0 Å². The number of aromatic hydroxyl groups is 1. The Morgan fingerprint density at radius 1 is 1.04 bits per heavy atom. The van der Waals surface area contributed by atoms with Gasteiger partial charge in [-0.2, -0.15) is 0 Å². The van der Waals surface area contributed by atoms with E-state index < -0.39 is 5.97 Å². The van der Waals surface area contributed by atoms with Crippen molar-refractivity contribution in [1.29, 1.82) is 0 Å². The number of hydrogen-bond acceptors (Lipinski definition) is 6. The van der Waals surface area contributed by atoms with E-state index in [1.54, 1.807) is 18.2 Å². The average Bonchev–Trinajstić information content (AvgIpc) is 2.98. The van der Waals surface area contributed by atoms with E-state index >= 15 is 0 Å². The topological polar surface area (TPSA) is 104 Å². The summed E-state index contributed by atoms with van der Waals surface area (Å²) in [6.07, 6.45) is 1.31. The molecule has 4 rings (SSSR count). The van der Waals surface area contributed by atoms with E-state index in [0.29, 0.717) is 27.5 Å². The zero-order valence-corrected chi connectivity index (χ0v) is 15.1. The van der Waals surface area contributed by atoms with Crippen LogP contribution in [0.5, 0.6) is 5.75 Å². The van der Waals surface area contributed by atoms with Crippen LogP contribution in [-0.2, 0) is 0 Å². The molecule has 0 saturated carbocycles. The Labute approximate surface area is 162 Å². The molecule has 0 radical (unpaired) electrons. The number of rotatable bonds is 2. The van der Waals surface area contributed by atoms with E-state index in [2.05, 4.69) is 0 Å². The van der Waals surface area contributed by atoms with Crippen LogP contribution in [0.4, 0.5) is 0 Å². The van der Waals surface area contributed by atoms with Crippen LogP contribution in [0.1, 0.15) is 10.6 Å². The smallest absolute Gasteiger partial charge is 0.542 e. The zero-order chi connectivity index (χ0) is 16.8. The second-order valence-corrected chi connectivity index (χ2v) is 5.31. The normalized spacial score (nSPS) is 10.7. The van der Waals surface area contributed by atoms with Crippen LogP contribution in [0.15, 0.2) is 62.4 Å². The minimum atomic E-state index is -1.40. The Kier molecular flexibility index (Phi) is 4.43. The maximum Gasteiger partial charge on any atom is 1.00 e. The van der Waals surface area contributed by atoms with Crippen LogP contribution < -0.4 is 40.1 Å². The molecular formula is C18H9NaO6. The van der Waals surface area contributed by atoms with Crippen molar-refractivity contribution >= 4 is 27.9 Å². The second-order valence-electron chi connectivity index (χ2n) is 5.31. The molecule has 0 aliphatic carbocycles. The number of phenols is 1. The minimum Gasteiger partial charge on any atom is -0.542 e. The number of carbonyl (C=O) groups excluding carboxylic acids is 1. The number of phenolic OH excluding ortho intramolecular Hbond substituents is 1. The maximum absolute atomic E-state index is 12.6. The Morgan fingerprint density at radius 3 is 2.60 bits per heavy atom. The molecule has 0 saturated heterocycles. The summed E-state index contributed by atoms with van der Waals surface area (Å²) in [7, 11) is 0. The SMILES string of the molecule is O=C([O-])c1cc2cc(-c3coc4cc(O)ccc4c3=O)ccc2o1.[Na+]. The monoisotopic (exact) mass is 344 g/mol. The number of fused-ring (bicyclic) bond motifs is 2. The van der Waals surface area contributed by atoms with Crippen molar-refractivity contribution in [2.45, 2.75) is 0 Å². The van der Waals surface area contributed by atoms with Gasteiger partial charge in [-0.25, -0.2) is 0 Å². The van der Waals surface area contributed by atoms with Crippen molar-refractivity contribution in [1.82, 2.24) is 0 Å². The number of aromatic carboxylic acids is 1. The molecule has 7 heteroatoms. The largest absolute Gasteiger partial charge is 1.00 e. The molecule has 0 unspecified atom stereocenters. The van der Waals surface area contributed by atoms with Gasteiger partial charge in [0.05, 0.1) is 10.9 Å². The van der Waals surface area contributed by atoms with Crippen molar-refractivity contribution in [3.05, 3.63) is 64.7 Å². The zero-order valence-electron chi connectivity index (χ0n) is 13.1. The van der Waals surface area contributed by atoms with Gasteiger partial charge in [0.2, 0.25) is 0 Å². The molecule has 2 aromatic heterocycles. The number of benzene rings is 2. The fraction of sp³-hybridized carbons (Fsp3) is 0. The summed E-state index contributed by atoms with van der Waals surface area (Å²) in [6, 6.07) is 10.5. The first-order valence-corrected chi connectivity index (χ1v) is 7.03. The summed E-state index contributed by atoms with van der Waals surface area (Å²) >= 11 is 0. The molecular weight excluding hydrogens is 335 g/mol. The molecule has 0 fully saturated rings. The van der Waals surface area contributed by atoms with Crippen LogP contribution in [0.3, 0.4) is 0 Å². The van der Waals surface area contributed by atoms with E-state index in [-0.39, 0.29) is 52.1 Å². The summed E-state index contributed by atoms with van der Waals surface area (Å²) in [4.78, 5) is 23.5. The van der Waals surface area contributed by atoms with Crippen LogP contribution in [-0.4, -0.2) is 11.1 Å². The second kappa shape index (κ2) is 6.40. The van der Waals surface area contributed by atoms with E-state index in [0.717, 1.165) is 0 Å². The molecule has 25 heavy (non-hydrogen) atoms. The van der Waals surface area contributed by atoms with Gasteiger partial charge in [-0.15, -0.1) is 0 Å². The third-order valence-corrected chi connectivity index (χ3v) is 3.79. The predicted molar refractivity (Wildman–Crippen MR) is 83.7 cm³/mol. The number of furan rings is 1. The van der Waals surface area contributed by atoms with Gasteiger partial charge in [-0.05, 0) is 35.9 Å². The minimum absolute atomic E-state index is 0. The van der Waals surface area contributed by atoms with Gasteiger partial charge in [0.1, 0.15) is 29.1 Å². The fourth-order valence-electron chi connectivity index (χ4n) is 2.63. The number of carboxylic acids is 1. The molecule has 0 atom stereocenters. The number of carboxylic acid groups (broad SMARTS) is 1. The van der Waals surface area contributed by atoms with E-state index in [4.69, 9.17) is 8.83 Å². The van der Waals surface area contributed by atoms with Gasteiger partial charge in [-0.1, -0.05) is 6.07 Å². The molecule has 2 aromatic carbocycles. The van der Waals surface area contributed by atoms with Crippen molar-refractivity contribution in [3.63, 3.8) is 0 Å². The van der Waals surface area contributed by atoms with Crippen molar-refractivity contribution in [2.75, 3.05) is 0 Å². The number of hydrogen-bond donors (Lipinski definition) is 1. The van der Waals surface area contributed by atoms with E-state index in [1.165, 1.54) is 30.5 Å². The summed E-state index contributed by atoms with van der Waals surface area (Å²) < 4.78 is 10.6. The maximum atomic E-state index is 12.6. The first kappa shape index (κ1) is 17.3. The molecule has 0 aliphatic rings. The summed E-state index contributed by atoms with van der Waals surface area (Å²) in [5, 5.41) is 21.2. The molecule has 1 N–H and O–H groups in total. The Hall–Kier alpha value is -2.54.